The maximum absolute atomic E-state index is 3.79. The minimum absolute atomic E-state index is 0.754. The van der Waals surface area contributed by atoms with E-state index in [4.69, 9.17) is 0 Å². The lowest BCUT2D eigenvalue weighted by Crippen LogP contribution is -2.41. The normalized spacial score (nSPS) is 27.6. The number of nitrogens with one attached hydrogen (secondary N) is 1. The second kappa shape index (κ2) is 8.21. The van der Waals surface area contributed by atoms with E-state index in [1.165, 1.54) is 63.4 Å². The lowest BCUT2D eigenvalue weighted by atomic mass is 9.82. The van der Waals surface area contributed by atoms with Crippen molar-refractivity contribution in [2.75, 3.05) is 37.7 Å². The van der Waals surface area contributed by atoms with Gasteiger partial charge in [-0.1, -0.05) is 30.3 Å². The highest BCUT2D eigenvalue weighted by molar-refractivity contribution is 7.99. The summed E-state index contributed by atoms with van der Waals surface area (Å²) in [5.74, 6) is 3.44. The third kappa shape index (κ3) is 4.73. The zero-order valence-electron chi connectivity index (χ0n) is 13.0. The highest BCUT2D eigenvalue weighted by atomic mass is 32.2. The summed E-state index contributed by atoms with van der Waals surface area (Å²) < 4.78 is 0. The third-order valence-electron chi connectivity index (χ3n) is 4.96. The molecule has 0 spiro atoms. The maximum atomic E-state index is 3.79. The molecule has 2 fully saturated rings. The molecule has 1 heterocycles. The van der Waals surface area contributed by atoms with Gasteiger partial charge in [0, 0.05) is 43.7 Å². The minimum Gasteiger partial charge on any atom is -0.313 e. The fourth-order valence-corrected chi connectivity index (χ4v) is 4.59. The van der Waals surface area contributed by atoms with Gasteiger partial charge < -0.3 is 10.2 Å². The van der Waals surface area contributed by atoms with Gasteiger partial charge in [-0.25, -0.2) is 0 Å². The molecule has 1 aromatic rings. The third-order valence-corrected chi connectivity index (χ3v) is 5.91. The zero-order valence-corrected chi connectivity index (χ0v) is 13.8. The molecular weight excluding hydrogens is 276 g/mol. The van der Waals surface area contributed by atoms with Crippen LogP contribution in [0.1, 0.15) is 37.2 Å². The van der Waals surface area contributed by atoms with Gasteiger partial charge in [0.1, 0.15) is 0 Å². The van der Waals surface area contributed by atoms with Crippen LogP contribution in [0.5, 0.6) is 0 Å². The lowest BCUT2D eigenvalue weighted by molar-refractivity contribution is 0.279. The van der Waals surface area contributed by atoms with Crippen molar-refractivity contribution in [3.63, 3.8) is 0 Å². The van der Waals surface area contributed by atoms with E-state index < -0.39 is 0 Å². The van der Waals surface area contributed by atoms with Crippen LogP contribution in [0.3, 0.4) is 0 Å². The molecular formula is C18H28N2S. The van der Waals surface area contributed by atoms with Crippen molar-refractivity contribution in [2.45, 2.75) is 37.6 Å². The smallest absolute Gasteiger partial charge is 0.0108 e. The summed E-state index contributed by atoms with van der Waals surface area (Å²) in [5.41, 5.74) is 1.54. The van der Waals surface area contributed by atoms with Gasteiger partial charge in [0.15, 0.2) is 0 Å². The van der Waals surface area contributed by atoms with Gasteiger partial charge in [0.05, 0.1) is 0 Å². The Morgan fingerprint density at radius 1 is 1.00 bits per heavy atom. The molecule has 0 aromatic heterocycles. The van der Waals surface area contributed by atoms with Gasteiger partial charge in [0.25, 0.3) is 0 Å². The maximum Gasteiger partial charge on any atom is 0.0108 e. The van der Waals surface area contributed by atoms with Crippen LogP contribution in [0.4, 0.5) is 0 Å². The molecule has 1 aliphatic carbocycles. The molecule has 0 atom stereocenters. The van der Waals surface area contributed by atoms with Crippen LogP contribution in [0.2, 0.25) is 0 Å². The lowest BCUT2D eigenvalue weighted by Gasteiger charge is -2.31. The SMILES string of the molecule is c1ccc(C2CCC(NCCN3CCSCC3)CC2)cc1. The Kier molecular flexibility index (Phi) is 6.02. The molecule has 1 saturated heterocycles. The Morgan fingerprint density at radius 2 is 1.71 bits per heavy atom. The van der Waals surface area contributed by atoms with Crippen LogP contribution in [-0.4, -0.2) is 48.6 Å². The Bertz CT molecular complexity index is 395. The predicted molar refractivity (Wildman–Crippen MR) is 93.2 cm³/mol. The highest BCUT2D eigenvalue weighted by Crippen LogP contribution is 2.32. The van der Waals surface area contributed by atoms with Gasteiger partial charge in [-0.15, -0.1) is 0 Å². The molecule has 3 rings (SSSR count). The van der Waals surface area contributed by atoms with E-state index in [9.17, 15) is 0 Å². The first-order valence-corrected chi connectivity index (χ1v) is 9.66. The monoisotopic (exact) mass is 304 g/mol. The van der Waals surface area contributed by atoms with Gasteiger partial charge in [-0.3, -0.25) is 0 Å². The van der Waals surface area contributed by atoms with E-state index in [0.717, 1.165) is 12.0 Å². The van der Waals surface area contributed by atoms with E-state index in [1.807, 2.05) is 0 Å². The van der Waals surface area contributed by atoms with E-state index in [0.29, 0.717) is 0 Å². The summed E-state index contributed by atoms with van der Waals surface area (Å²) in [5, 5.41) is 3.79. The summed E-state index contributed by atoms with van der Waals surface area (Å²) >= 11 is 2.10. The Hall–Kier alpha value is -0.510. The van der Waals surface area contributed by atoms with Crippen LogP contribution < -0.4 is 5.32 Å². The second-order valence-electron chi connectivity index (χ2n) is 6.37. The molecule has 2 nitrogen and oxygen atoms in total. The first-order valence-electron chi connectivity index (χ1n) is 8.50. The summed E-state index contributed by atoms with van der Waals surface area (Å²) in [6.45, 7) is 4.98. The molecule has 3 heteroatoms. The second-order valence-corrected chi connectivity index (χ2v) is 7.59. The number of thioether (sulfide) groups is 1. The molecule has 0 unspecified atom stereocenters. The Balaban J connectivity index is 1.34. The van der Waals surface area contributed by atoms with Crippen LogP contribution in [0.25, 0.3) is 0 Å². The van der Waals surface area contributed by atoms with Crippen molar-refractivity contribution < 1.29 is 0 Å². The van der Waals surface area contributed by atoms with Gasteiger partial charge in [-0.05, 0) is 37.2 Å². The Morgan fingerprint density at radius 3 is 2.43 bits per heavy atom. The number of hydrogen-bond donors (Lipinski definition) is 1. The zero-order chi connectivity index (χ0) is 14.3. The van der Waals surface area contributed by atoms with E-state index in [-0.39, 0.29) is 0 Å². The fraction of sp³-hybridized carbons (Fsp3) is 0.667. The van der Waals surface area contributed by atoms with Crippen molar-refractivity contribution in [2.24, 2.45) is 0 Å². The highest BCUT2D eigenvalue weighted by Gasteiger charge is 2.21. The largest absolute Gasteiger partial charge is 0.313 e. The molecule has 0 radical (unpaired) electrons. The number of hydrogen-bond acceptors (Lipinski definition) is 3. The van der Waals surface area contributed by atoms with Crippen molar-refractivity contribution in [3.05, 3.63) is 35.9 Å². The quantitative estimate of drug-likeness (QED) is 0.898. The number of benzene rings is 1. The molecule has 1 aromatic carbocycles. The van der Waals surface area contributed by atoms with E-state index in [1.54, 1.807) is 5.56 Å². The van der Waals surface area contributed by atoms with E-state index >= 15 is 0 Å². The molecule has 21 heavy (non-hydrogen) atoms. The Labute approximate surface area is 133 Å². The van der Waals surface area contributed by atoms with Gasteiger partial charge in [0.2, 0.25) is 0 Å². The molecule has 1 aliphatic heterocycles. The van der Waals surface area contributed by atoms with Crippen molar-refractivity contribution in [1.29, 1.82) is 0 Å². The number of nitrogens with zero attached hydrogens (tertiary/aromatic N) is 1. The van der Waals surface area contributed by atoms with Crippen LogP contribution >= 0.6 is 11.8 Å². The number of rotatable bonds is 5. The summed E-state index contributed by atoms with van der Waals surface area (Å²) in [6.07, 6.45) is 5.38. The summed E-state index contributed by atoms with van der Waals surface area (Å²) in [4.78, 5) is 2.61. The topological polar surface area (TPSA) is 15.3 Å². The molecule has 0 amide bonds. The van der Waals surface area contributed by atoms with Crippen LogP contribution in [0.15, 0.2) is 30.3 Å². The minimum atomic E-state index is 0.754. The summed E-state index contributed by atoms with van der Waals surface area (Å²) in [6, 6.07) is 11.8. The summed E-state index contributed by atoms with van der Waals surface area (Å²) in [7, 11) is 0. The standard InChI is InChI=1S/C18H28N2S/c1-2-4-16(5-3-1)17-6-8-18(9-7-17)19-10-11-20-12-14-21-15-13-20/h1-5,17-19H,6-15H2. The van der Waals surface area contributed by atoms with Gasteiger partial charge >= 0.3 is 0 Å². The molecule has 1 saturated carbocycles. The first kappa shape index (κ1) is 15.4. The average Bonchev–Trinajstić information content (AvgIpc) is 2.57. The predicted octanol–water partition coefficient (Wildman–Crippen LogP) is 3.35. The van der Waals surface area contributed by atoms with Crippen molar-refractivity contribution in [1.82, 2.24) is 10.2 Å². The molecule has 0 bridgehead atoms. The average molecular weight is 305 g/mol. The molecule has 1 N–H and O–H groups in total. The van der Waals surface area contributed by atoms with E-state index in [2.05, 4.69) is 52.3 Å². The van der Waals surface area contributed by atoms with Crippen molar-refractivity contribution in [3.8, 4) is 0 Å². The fourth-order valence-electron chi connectivity index (χ4n) is 3.61. The van der Waals surface area contributed by atoms with Crippen molar-refractivity contribution >= 4 is 11.8 Å². The van der Waals surface area contributed by atoms with Crippen LogP contribution in [-0.2, 0) is 0 Å². The molecule has 2 aliphatic rings. The van der Waals surface area contributed by atoms with Crippen LogP contribution in [0, 0.1) is 0 Å². The first-order chi connectivity index (χ1) is 10.4. The molecule has 116 valence electrons. The van der Waals surface area contributed by atoms with Gasteiger partial charge in [-0.2, -0.15) is 11.8 Å².